The molecule has 0 amide bonds. The Morgan fingerprint density at radius 3 is 3.06 bits per heavy atom. The van der Waals surface area contributed by atoms with Gasteiger partial charge in [-0.25, -0.2) is 4.98 Å². The number of benzene rings is 1. The van der Waals surface area contributed by atoms with Gasteiger partial charge in [0.25, 0.3) is 0 Å². The fourth-order valence-corrected chi connectivity index (χ4v) is 1.85. The number of nitrogens with one attached hydrogen (secondary N) is 1. The van der Waals surface area contributed by atoms with Crippen LogP contribution in [-0.4, -0.2) is 9.55 Å². The van der Waals surface area contributed by atoms with Crippen LogP contribution >= 0.6 is 11.6 Å². The Bertz CT molecular complexity index is 583. The highest BCUT2D eigenvalue weighted by molar-refractivity contribution is 6.31. The number of anilines is 1. The third-order valence-corrected chi connectivity index (χ3v) is 3.03. The van der Waals surface area contributed by atoms with E-state index in [1.54, 1.807) is 18.5 Å². The first-order valence-electron chi connectivity index (χ1n) is 5.67. The van der Waals surface area contributed by atoms with Crippen LogP contribution in [0.5, 0.6) is 0 Å². The molecule has 0 unspecified atom stereocenters. The quantitative estimate of drug-likeness (QED) is 0.919. The highest BCUT2D eigenvalue weighted by Crippen LogP contribution is 2.20. The average Bonchev–Trinajstić information content (AvgIpc) is 2.85. The van der Waals surface area contributed by atoms with E-state index in [1.807, 2.05) is 12.3 Å². The summed E-state index contributed by atoms with van der Waals surface area (Å²) in [6.07, 6.45) is 3.64. The van der Waals surface area contributed by atoms with Gasteiger partial charge in [0.15, 0.2) is 0 Å². The van der Waals surface area contributed by atoms with Crippen LogP contribution in [0.4, 0.5) is 5.69 Å². The zero-order chi connectivity index (χ0) is 13.0. The molecule has 18 heavy (non-hydrogen) atoms. The SMILES string of the molecule is CCn1cncc1CNc1ccc(Cl)c(C#N)c1. The third kappa shape index (κ3) is 2.63. The van der Waals surface area contributed by atoms with Crippen LogP contribution in [0.25, 0.3) is 0 Å². The first kappa shape index (κ1) is 12.5. The Balaban J connectivity index is 2.09. The summed E-state index contributed by atoms with van der Waals surface area (Å²) in [4.78, 5) is 4.10. The summed E-state index contributed by atoms with van der Waals surface area (Å²) in [5.41, 5.74) is 2.46. The minimum absolute atomic E-state index is 0.474. The fraction of sp³-hybridized carbons (Fsp3) is 0.231. The number of halogens is 1. The number of nitrogens with zero attached hydrogens (tertiary/aromatic N) is 3. The second-order valence-electron chi connectivity index (χ2n) is 3.83. The molecule has 1 heterocycles. The van der Waals surface area contributed by atoms with Crippen molar-refractivity contribution in [1.29, 1.82) is 5.26 Å². The maximum atomic E-state index is 8.90. The lowest BCUT2D eigenvalue weighted by Crippen LogP contribution is -2.06. The van der Waals surface area contributed by atoms with Crippen molar-refractivity contribution in [3.05, 3.63) is 47.0 Å². The Morgan fingerprint density at radius 2 is 2.33 bits per heavy atom. The van der Waals surface area contributed by atoms with Crippen molar-refractivity contribution in [3.63, 3.8) is 0 Å². The normalized spacial score (nSPS) is 10.1. The second kappa shape index (κ2) is 5.56. The molecule has 5 heteroatoms. The van der Waals surface area contributed by atoms with Gasteiger partial charge in [-0.2, -0.15) is 5.26 Å². The summed E-state index contributed by atoms with van der Waals surface area (Å²) in [7, 11) is 0. The minimum Gasteiger partial charge on any atom is -0.379 e. The van der Waals surface area contributed by atoms with E-state index in [0.717, 1.165) is 17.9 Å². The predicted molar refractivity (Wildman–Crippen MR) is 71.4 cm³/mol. The summed E-state index contributed by atoms with van der Waals surface area (Å²) in [5, 5.41) is 12.6. The van der Waals surface area contributed by atoms with Crippen LogP contribution in [-0.2, 0) is 13.1 Å². The Labute approximate surface area is 111 Å². The molecular formula is C13H13ClN4. The van der Waals surface area contributed by atoms with Crippen molar-refractivity contribution in [2.75, 3.05) is 5.32 Å². The van der Waals surface area contributed by atoms with Gasteiger partial charge in [0.2, 0.25) is 0 Å². The summed E-state index contributed by atoms with van der Waals surface area (Å²) in [6, 6.07) is 7.39. The maximum Gasteiger partial charge on any atom is 0.101 e. The van der Waals surface area contributed by atoms with Crippen LogP contribution in [0, 0.1) is 11.3 Å². The molecule has 1 aromatic carbocycles. The topological polar surface area (TPSA) is 53.6 Å². The predicted octanol–water partition coefficient (Wildman–Crippen LogP) is 3.04. The number of aryl methyl sites for hydroxylation is 1. The van der Waals surface area contributed by atoms with Crippen molar-refractivity contribution >= 4 is 17.3 Å². The number of nitriles is 1. The zero-order valence-electron chi connectivity index (χ0n) is 10.0. The first-order chi connectivity index (χ1) is 8.74. The molecule has 1 N–H and O–H groups in total. The molecule has 92 valence electrons. The minimum atomic E-state index is 0.474. The summed E-state index contributed by atoms with van der Waals surface area (Å²) < 4.78 is 2.06. The molecule has 0 aliphatic heterocycles. The van der Waals surface area contributed by atoms with Crippen molar-refractivity contribution in [1.82, 2.24) is 9.55 Å². The lowest BCUT2D eigenvalue weighted by Gasteiger charge is -2.09. The molecule has 2 aromatic rings. The van der Waals surface area contributed by atoms with E-state index in [9.17, 15) is 0 Å². The maximum absolute atomic E-state index is 8.90. The van der Waals surface area contributed by atoms with Crippen LogP contribution in [0.1, 0.15) is 18.2 Å². The number of imidazole rings is 1. The van der Waals surface area contributed by atoms with E-state index in [1.165, 1.54) is 0 Å². The molecule has 0 aliphatic carbocycles. The molecular weight excluding hydrogens is 248 g/mol. The van der Waals surface area contributed by atoms with Crippen LogP contribution in [0.15, 0.2) is 30.7 Å². The largest absolute Gasteiger partial charge is 0.379 e. The highest BCUT2D eigenvalue weighted by atomic mass is 35.5. The molecule has 0 aliphatic rings. The van der Waals surface area contributed by atoms with E-state index >= 15 is 0 Å². The van der Waals surface area contributed by atoms with E-state index in [0.29, 0.717) is 17.1 Å². The Morgan fingerprint density at radius 1 is 1.50 bits per heavy atom. The number of hydrogen-bond acceptors (Lipinski definition) is 3. The van der Waals surface area contributed by atoms with Gasteiger partial charge in [0.1, 0.15) is 6.07 Å². The smallest absolute Gasteiger partial charge is 0.101 e. The highest BCUT2D eigenvalue weighted by Gasteiger charge is 2.03. The van der Waals surface area contributed by atoms with Gasteiger partial charge in [-0.3, -0.25) is 0 Å². The molecule has 0 radical (unpaired) electrons. The fourth-order valence-electron chi connectivity index (χ4n) is 1.69. The molecule has 1 aromatic heterocycles. The molecule has 4 nitrogen and oxygen atoms in total. The lowest BCUT2D eigenvalue weighted by atomic mass is 10.2. The second-order valence-corrected chi connectivity index (χ2v) is 4.24. The zero-order valence-corrected chi connectivity index (χ0v) is 10.8. The van der Waals surface area contributed by atoms with Gasteiger partial charge >= 0.3 is 0 Å². The summed E-state index contributed by atoms with van der Waals surface area (Å²) in [6.45, 7) is 3.63. The lowest BCUT2D eigenvalue weighted by molar-refractivity contribution is 0.719. The van der Waals surface area contributed by atoms with E-state index in [2.05, 4.69) is 27.9 Å². The van der Waals surface area contributed by atoms with Crippen molar-refractivity contribution in [2.45, 2.75) is 20.0 Å². The molecule has 0 saturated heterocycles. The average molecular weight is 261 g/mol. The monoisotopic (exact) mass is 260 g/mol. The van der Waals surface area contributed by atoms with Crippen LogP contribution < -0.4 is 5.32 Å². The van der Waals surface area contributed by atoms with E-state index < -0.39 is 0 Å². The van der Waals surface area contributed by atoms with Gasteiger partial charge in [-0.05, 0) is 25.1 Å². The van der Waals surface area contributed by atoms with Gasteiger partial charge in [0.05, 0.1) is 29.2 Å². The molecule has 0 spiro atoms. The van der Waals surface area contributed by atoms with Crippen molar-refractivity contribution < 1.29 is 0 Å². The number of aromatic nitrogens is 2. The van der Waals surface area contributed by atoms with Gasteiger partial charge in [0, 0.05) is 18.4 Å². The van der Waals surface area contributed by atoms with Gasteiger partial charge in [-0.15, -0.1) is 0 Å². The number of hydrogen-bond donors (Lipinski definition) is 1. The third-order valence-electron chi connectivity index (χ3n) is 2.70. The standard InChI is InChI=1S/C13H13ClN4/c1-2-18-9-16-7-12(18)8-17-11-3-4-13(14)10(5-11)6-15/h3-5,7,9,17H,2,8H2,1H3. The van der Waals surface area contributed by atoms with Crippen molar-refractivity contribution in [2.24, 2.45) is 0 Å². The molecule has 0 atom stereocenters. The van der Waals surface area contributed by atoms with E-state index in [4.69, 9.17) is 16.9 Å². The molecule has 0 saturated carbocycles. The summed E-state index contributed by atoms with van der Waals surface area (Å²) in [5.74, 6) is 0. The molecule has 0 fully saturated rings. The summed E-state index contributed by atoms with van der Waals surface area (Å²) >= 11 is 5.88. The van der Waals surface area contributed by atoms with Gasteiger partial charge in [-0.1, -0.05) is 11.6 Å². The number of rotatable bonds is 4. The molecule has 2 rings (SSSR count). The van der Waals surface area contributed by atoms with Crippen LogP contribution in [0.2, 0.25) is 5.02 Å². The Kier molecular flexibility index (Phi) is 3.85. The van der Waals surface area contributed by atoms with Crippen molar-refractivity contribution in [3.8, 4) is 6.07 Å². The van der Waals surface area contributed by atoms with Gasteiger partial charge < -0.3 is 9.88 Å². The van der Waals surface area contributed by atoms with Crippen LogP contribution in [0.3, 0.4) is 0 Å². The first-order valence-corrected chi connectivity index (χ1v) is 6.05. The molecule has 0 bridgehead atoms. The van der Waals surface area contributed by atoms with E-state index in [-0.39, 0.29) is 0 Å². The Hall–Kier alpha value is -1.99.